The van der Waals surface area contributed by atoms with Crippen LogP contribution in [0.2, 0.25) is 0 Å². The average molecular weight is 592 g/mol. The summed E-state index contributed by atoms with van der Waals surface area (Å²) in [7, 11) is 4.71. The molecule has 1 spiro atoms. The summed E-state index contributed by atoms with van der Waals surface area (Å²) in [6, 6.07) is 3.78. The minimum Gasteiger partial charge on any atom is -0.490 e. The number of nitrogens with one attached hydrogen (secondary N) is 1. The highest BCUT2D eigenvalue weighted by Crippen LogP contribution is 2.51. The molecule has 2 aliphatic heterocycles. The van der Waals surface area contributed by atoms with Crippen molar-refractivity contribution in [2.24, 2.45) is 7.05 Å². The van der Waals surface area contributed by atoms with Crippen LogP contribution in [0.5, 0.6) is 5.75 Å². The minimum atomic E-state index is -1.25. The molecule has 0 amide bonds. The van der Waals surface area contributed by atoms with Crippen molar-refractivity contribution in [3.63, 3.8) is 0 Å². The summed E-state index contributed by atoms with van der Waals surface area (Å²) in [5, 5.41) is 0.756. The van der Waals surface area contributed by atoms with E-state index >= 15 is 4.39 Å². The van der Waals surface area contributed by atoms with Gasteiger partial charge in [0.2, 0.25) is 0 Å². The highest BCUT2D eigenvalue weighted by molar-refractivity contribution is 7.87. The predicted octanol–water partition coefficient (Wildman–Crippen LogP) is 3.74. The third-order valence-electron chi connectivity index (χ3n) is 9.56. The van der Waals surface area contributed by atoms with Crippen LogP contribution in [0, 0.1) is 5.82 Å². The van der Waals surface area contributed by atoms with E-state index in [1.165, 1.54) is 6.07 Å². The molecule has 5 heterocycles. The second kappa shape index (κ2) is 9.24. The molecule has 4 aliphatic rings. The Bertz CT molecular complexity index is 1850. The topological polar surface area (TPSA) is 97.5 Å². The summed E-state index contributed by atoms with van der Waals surface area (Å²) in [5.41, 5.74) is 2.76. The van der Waals surface area contributed by atoms with Crippen LogP contribution in [0.3, 0.4) is 0 Å². The Morgan fingerprint density at radius 2 is 1.88 bits per heavy atom. The van der Waals surface area contributed by atoms with Gasteiger partial charge in [0.05, 0.1) is 50.2 Å². The average Bonchev–Trinajstić information content (AvgIpc) is 3.91. The molecule has 4 aromatic rings. The molecule has 2 aliphatic carbocycles. The van der Waals surface area contributed by atoms with Gasteiger partial charge in [0.1, 0.15) is 29.2 Å². The molecular weight excluding hydrogens is 557 g/mol. The van der Waals surface area contributed by atoms with Crippen molar-refractivity contribution in [1.82, 2.24) is 24.0 Å². The molecule has 1 unspecified atom stereocenters. The molecule has 8 rings (SSSR count). The number of aryl methyl sites for hydroxylation is 1. The fourth-order valence-electron chi connectivity index (χ4n) is 6.71. The number of pyridine rings is 2. The van der Waals surface area contributed by atoms with E-state index in [-0.39, 0.29) is 23.1 Å². The number of anilines is 2. The van der Waals surface area contributed by atoms with E-state index in [1.807, 2.05) is 10.6 Å². The molecule has 12 heteroatoms. The van der Waals surface area contributed by atoms with Gasteiger partial charge in [-0.05, 0) is 58.7 Å². The lowest BCUT2D eigenvalue weighted by atomic mass is 10.0. The normalized spacial score (nSPS) is 20.5. The van der Waals surface area contributed by atoms with E-state index < -0.39 is 22.3 Å². The van der Waals surface area contributed by atoms with Crippen LogP contribution in [-0.2, 0) is 23.6 Å². The molecule has 220 valence electrons. The van der Waals surface area contributed by atoms with Gasteiger partial charge in [-0.15, -0.1) is 0 Å². The number of nitrogens with zero attached hydrogens (tertiary/aromatic N) is 6. The van der Waals surface area contributed by atoms with Gasteiger partial charge in [0, 0.05) is 44.0 Å². The first-order valence-electron chi connectivity index (χ1n) is 14.7. The first-order chi connectivity index (χ1) is 20.3. The SMILES string of the molecule is CN(C)C1CCN(c2ncc(-c3c(F)cc4ncc5c6c4c3OCC3(CC3)n6c(=O)n5C)cc2NS(=O)C2CC2)CC1. The zero-order chi connectivity index (χ0) is 28.9. The van der Waals surface area contributed by atoms with Crippen molar-refractivity contribution in [1.29, 1.82) is 0 Å². The molecule has 42 heavy (non-hydrogen) atoms. The Morgan fingerprint density at radius 3 is 2.57 bits per heavy atom. The maximum absolute atomic E-state index is 16.1. The fraction of sp³-hybridized carbons (Fsp3) is 0.500. The fourth-order valence-corrected chi connectivity index (χ4v) is 7.81. The first-order valence-corrected chi connectivity index (χ1v) is 15.9. The summed E-state index contributed by atoms with van der Waals surface area (Å²) in [4.78, 5) is 27.3. The van der Waals surface area contributed by atoms with E-state index in [2.05, 4.69) is 33.6 Å². The third kappa shape index (κ3) is 3.90. The first kappa shape index (κ1) is 26.1. The van der Waals surface area contributed by atoms with Gasteiger partial charge in [0.15, 0.2) is 5.82 Å². The van der Waals surface area contributed by atoms with E-state index in [4.69, 9.17) is 9.72 Å². The summed E-state index contributed by atoms with van der Waals surface area (Å²) in [6.07, 6.45) is 8.84. The lowest BCUT2D eigenvalue weighted by molar-refractivity contribution is 0.241. The molecule has 1 N–H and O–H groups in total. The number of hydrogen-bond acceptors (Lipinski definition) is 7. The van der Waals surface area contributed by atoms with Gasteiger partial charge in [-0.3, -0.25) is 14.1 Å². The molecule has 2 saturated carbocycles. The number of fused-ring (bicyclic) bond motifs is 1. The second-order valence-electron chi connectivity index (χ2n) is 12.5. The largest absolute Gasteiger partial charge is 0.490 e. The molecule has 3 aromatic heterocycles. The maximum atomic E-state index is 16.1. The highest BCUT2D eigenvalue weighted by Gasteiger charge is 2.50. The number of ether oxygens (including phenoxy) is 1. The zero-order valence-corrected chi connectivity index (χ0v) is 24.8. The molecule has 1 saturated heterocycles. The number of aromatic nitrogens is 4. The Labute approximate surface area is 245 Å². The Hall–Kier alpha value is -3.51. The second-order valence-corrected chi connectivity index (χ2v) is 14.0. The summed E-state index contributed by atoms with van der Waals surface area (Å²) >= 11 is 0. The summed E-state index contributed by atoms with van der Waals surface area (Å²) in [5.74, 6) is 0.634. The molecular formula is C30H34FN7O3S. The van der Waals surface area contributed by atoms with Gasteiger partial charge in [-0.25, -0.2) is 18.4 Å². The number of benzene rings is 1. The van der Waals surface area contributed by atoms with E-state index in [0.717, 1.165) is 62.9 Å². The van der Waals surface area contributed by atoms with Gasteiger partial charge in [0.25, 0.3) is 0 Å². The van der Waals surface area contributed by atoms with Crippen LogP contribution < -0.4 is 20.0 Å². The monoisotopic (exact) mass is 591 g/mol. The van der Waals surface area contributed by atoms with Gasteiger partial charge < -0.3 is 19.3 Å². The van der Waals surface area contributed by atoms with E-state index in [1.54, 1.807) is 24.0 Å². The molecule has 3 fully saturated rings. The van der Waals surface area contributed by atoms with E-state index in [0.29, 0.717) is 39.5 Å². The summed E-state index contributed by atoms with van der Waals surface area (Å²) < 4.78 is 42.3. The number of rotatable bonds is 6. The molecule has 1 aromatic carbocycles. The Morgan fingerprint density at radius 1 is 1.12 bits per heavy atom. The lowest BCUT2D eigenvalue weighted by Gasteiger charge is -2.36. The van der Waals surface area contributed by atoms with Gasteiger partial charge >= 0.3 is 5.69 Å². The minimum absolute atomic E-state index is 0.114. The van der Waals surface area contributed by atoms with Crippen LogP contribution in [-0.4, -0.2) is 73.3 Å². The highest BCUT2D eigenvalue weighted by atomic mass is 32.2. The zero-order valence-electron chi connectivity index (χ0n) is 24.0. The Kier molecular flexibility index (Phi) is 5.75. The van der Waals surface area contributed by atoms with Crippen molar-refractivity contribution in [2.75, 3.05) is 43.4 Å². The molecule has 0 bridgehead atoms. The van der Waals surface area contributed by atoms with Crippen LogP contribution in [0.15, 0.2) is 29.3 Å². The summed E-state index contributed by atoms with van der Waals surface area (Å²) in [6.45, 7) is 1.93. The molecule has 0 radical (unpaired) electrons. The standard InChI is InChI=1S/C30H34FN7O3S/c1-35(2)18-6-10-37(11-7-18)28-22(34-42(40)19-4-5-19)12-17(14-33-28)24-20(31)13-21-25-26-23(15-32-21)36(3)29(39)38(26)30(8-9-30)16-41-27(24)25/h12-15,18-19,34H,4-11,16H2,1-3H3. The van der Waals surface area contributed by atoms with Crippen molar-refractivity contribution in [3.05, 3.63) is 40.8 Å². The number of imidazole rings is 1. The van der Waals surface area contributed by atoms with Crippen LogP contribution in [0.25, 0.3) is 33.1 Å². The number of halogens is 1. The van der Waals surface area contributed by atoms with Gasteiger partial charge in [-0.2, -0.15) is 0 Å². The van der Waals surface area contributed by atoms with Gasteiger partial charge in [-0.1, -0.05) is 0 Å². The van der Waals surface area contributed by atoms with Crippen LogP contribution in [0.1, 0.15) is 38.5 Å². The van der Waals surface area contributed by atoms with Crippen molar-refractivity contribution >= 4 is 44.4 Å². The van der Waals surface area contributed by atoms with Crippen molar-refractivity contribution < 1.29 is 13.3 Å². The molecule has 1 atom stereocenters. The van der Waals surface area contributed by atoms with Crippen molar-refractivity contribution in [3.8, 4) is 16.9 Å². The van der Waals surface area contributed by atoms with Crippen LogP contribution >= 0.6 is 0 Å². The third-order valence-corrected chi connectivity index (χ3v) is 11.1. The van der Waals surface area contributed by atoms with Crippen molar-refractivity contribution in [2.45, 2.75) is 55.4 Å². The lowest BCUT2D eigenvalue weighted by Crippen LogP contribution is -2.42. The maximum Gasteiger partial charge on any atom is 0.329 e. The molecule has 10 nitrogen and oxygen atoms in total. The number of piperidine rings is 1. The Balaban J connectivity index is 1.29. The number of hydrogen-bond donors (Lipinski definition) is 1. The van der Waals surface area contributed by atoms with Crippen LogP contribution in [0.4, 0.5) is 15.9 Å². The van der Waals surface area contributed by atoms with E-state index in [9.17, 15) is 9.00 Å². The predicted molar refractivity (Wildman–Crippen MR) is 162 cm³/mol. The smallest absolute Gasteiger partial charge is 0.329 e. The quantitative estimate of drug-likeness (QED) is 0.365.